The highest BCUT2D eigenvalue weighted by Crippen LogP contribution is 2.27. The molecule has 0 spiro atoms. The first kappa shape index (κ1) is 14.2. The molecule has 2 N–H and O–H groups in total. The van der Waals surface area contributed by atoms with Gasteiger partial charge in [0.15, 0.2) is 0 Å². The van der Waals surface area contributed by atoms with Gasteiger partial charge >= 0.3 is 0 Å². The molecule has 2 nitrogen and oxygen atoms in total. The third-order valence-corrected chi connectivity index (χ3v) is 3.80. The van der Waals surface area contributed by atoms with Gasteiger partial charge in [-0.2, -0.15) is 0 Å². The fraction of sp³-hybridized carbons (Fsp3) is 0.100. The molecular formula is C20H20N2. The molecule has 1 atom stereocenters. The maximum absolute atomic E-state index is 4.00. The second kappa shape index (κ2) is 6.35. The summed E-state index contributed by atoms with van der Waals surface area (Å²) in [4.78, 5) is 0. The molecule has 1 unspecified atom stereocenters. The van der Waals surface area contributed by atoms with Crippen LogP contribution in [-0.2, 0) is 0 Å². The Morgan fingerprint density at radius 3 is 2.09 bits per heavy atom. The summed E-state index contributed by atoms with van der Waals surface area (Å²) in [5.74, 6) is 0. The predicted octanol–water partition coefficient (Wildman–Crippen LogP) is 4.98. The van der Waals surface area contributed by atoms with Crippen LogP contribution >= 0.6 is 0 Å². The summed E-state index contributed by atoms with van der Waals surface area (Å²) in [6, 6.07) is 20.4. The Labute approximate surface area is 131 Å². The molecule has 0 amide bonds. The van der Waals surface area contributed by atoms with E-state index in [1.54, 1.807) is 0 Å². The smallest absolute Gasteiger partial charge is 0.0776 e. The SMILES string of the molecule is C=CC1(Nc2ccccc2)C=CC(Nc2ccccc2)=CC1. The number of benzene rings is 2. The summed E-state index contributed by atoms with van der Waals surface area (Å²) < 4.78 is 0. The van der Waals surface area contributed by atoms with Crippen LogP contribution in [0.2, 0.25) is 0 Å². The van der Waals surface area contributed by atoms with Gasteiger partial charge in [0.25, 0.3) is 0 Å². The number of allylic oxidation sites excluding steroid dienone is 1. The van der Waals surface area contributed by atoms with Crippen LogP contribution in [0.25, 0.3) is 0 Å². The normalized spacial score (nSPS) is 20.1. The fourth-order valence-electron chi connectivity index (χ4n) is 2.52. The van der Waals surface area contributed by atoms with Crippen LogP contribution in [0.15, 0.2) is 97.2 Å². The van der Waals surface area contributed by atoms with E-state index in [9.17, 15) is 0 Å². The van der Waals surface area contributed by atoms with E-state index in [2.05, 4.69) is 59.7 Å². The molecule has 0 saturated heterocycles. The molecule has 3 rings (SSSR count). The van der Waals surface area contributed by atoms with Gasteiger partial charge in [0, 0.05) is 17.1 Å². The number of hydrogen-bond acceptors (Lipinski definition) is 2. The summed E-state index contributed by atoms with van der Waals surface area (Å²) in [5.41, 5.74) is 3.07. The molecule has 0 radical (unpaired) electrons. The molecule has 0 fully saturated rings. The Kier molecular flexibility index (Phi) is 4.10. The molecule has 22 heavy (non-hydrogen) atoms. The number of rotatable bonds is 5. The van der Waals surface area contributed by atoms with E-state index in [0.29, 0.717) is 0 Å². The molecule has 2 aromatic rings. The van der Waals surface area contributed by atoms with E-state index in [-0.39, 0.29) is 5.54 Å². The molecule has 0 heterocycles. The Morgan fingerprint density at radius 1 is 0.909 bits per heavy atom. The summed E-state index contributed by atoms with van der Waals surface area (Å²) in [6.07, 6.45) is 9.29. The van der Waals surface area contributed by atoms with Gasteiger partial charge in [0.2, 0.25) is 0 Å². The van der Waals surface area contributed by atoms with Crippen LogP contribution in [0.5, 0.6) is 0 Å². The van der Waals surface area contributed by atoms with Crippen molar-refractivity contribution < 1.29 is 0 Å². The average Bonchev–Trinajstić information content (AvgIpc) is 2.59. The maximum Gasteiger partial charge on any atom is 0.0776 e. The van der Waals surface area contributed by atoms with Crippen molar-refractivity contribution >= 4 is 11.4 Å². The maximum atomic E-state index is 4.00. The predicted molar refractivity (Wildman–Crippen MR) is 94.9 cm³/mol. The lowest BCUT2D eigenvalue weighted by molar-refractivity contribution is 0.712. The molecule has 2 heteroatoms. The second-order valence-electron chi connectivity index (χ2n) is 5.42. The third kappa shape index (κ3) is 3.29. The lowest BCUT2D eigenvalue weighted by Gasteiger charge is -2.31. The lowest BCUT2D eigenvalue weighted by atomic mass is 9.90. The topological polar surface area (TPSA) is 24.1 Å². The molecule has 2 aromatic carbocycles. The first-order valence-corrected chi connectivity index (χ1v) is 7.48. The van der Waals surface area contributed by atoms with Crippen molar-refractivity contribution in [1.82, 2.24) is 0 Å². The Hall–Kier alpha value is -2.74. The standard InChI is InChI=1S/C20H20N2/c1-2-20(22-19-11-7-4-8-12-19)15-13-18(14-16-20)21-17-9-5-3-6-10-17/h2-15,21-22H,1,16H2. The highest BCUT2D eigenvalue weighted by molar-refractivity contribution is 5.55. The van der Waals surface area contributed by atoms with Crippen molar-refractivity contribution in [3.8, 4) is 0 Å². The van der Waals surface area contributed by atoms with Crippen LogP contribution in [0, 0.1) is 0 Å². The molecule has 0 aromatic heterocycles. The van der Waals surface area contributed by atoms with Crippen molar-refractivity contribution in [2.75, 3.05) is 10.6 Å². The zero-order valence-electron chi connectivity index (χ0n) is 12.5. The van der Waals surface area contributed by atoms with Crippen molar-refractivity contribution in [1.29, 1.82) is 0 Å². The molecule has 0 aliphatic heterocycles. The molecule has 0 bridgehead atoms. The molecular weight excluding hydrogens is 268 g/mol. The Balaban J connectivity index is 1.71. The van der Waals surface area contributed by atoms with Crippen molar-refractivity contribution in [3.05, 3.63) is 97.2 Å². The number of para-hydroxylation sites is 2. The first-order chi connectivity index (χ1) is 10.8. The van der Waals surface area contributed by atoms with Crippen molar-refractivity contribution in [3.63, 3.8) is 0 Å². The fourth-order valence-corrected chi connectivity index (χ4v) is 2.52. The van der Waals surface area contributed by atoms with Crippen LogP contribution in [-0.4, -0.2) is 5.54 Å². The van der Waals surface area contributed by atoms with Gasteiger partial charge in [-0.25, -0.2) is 0 Å². The van der Waals surface area contributed by atoms with E-state index < -0.39 is 0 Å². The van der Waals surface area contributed by atoms with Crippen LogP contribution in [0.4, 0.5) is 11.4 Å². The minimum Gasteiger partial charge on any atom is -0.372 e. The zero-order valence-corrected chi connectivity index (χ0v) is 12.5. The Morgan fingerprint density at radius 2 is 1.55 bits per heavy atom. The van der Waals surface area contributed by atoms with E-state index in [4.69, 9.17) is 0 Å². The van der Waals surface area contributed by atoms with Gasteiger partial charge in [-0.1, -0.05) is 54.6 Å². The second-order valence-corrected chi connectivity index (χ2v) is 5.42. The summed E-state index contributed by atoms with van der Waals surface area (Å²) in [7, 11) is 0. The van der Waals surface area contributed by atoms with E-state index >= 15 is 0 Å². The zero-order chi connectivity index (χ0) is 15.3. The minimum absolute atomic E-state index is 0.233. The Bertz CT molecular complexity index is 686. The van der Waals surface area contributed by atoms with Crippen molar-refractivity contribution in [2.45, 2.75) is 12.0 Å². The minimum atomic E-state index is -0.233. The third-order valence-electron chi connectivity index (χ3n) is 3.80. The summed E-state index contributed by atoms with van der Waals surface area (Å²) >= 11 is 0. The number of anilines is 2. The molecule has 110 valence electrons. The van der Waals surface area contributed by atoms with Gasteiger partial charge in [0.1, 0.15) is 0 Å². The summed E-state index contributed by atoms with van der Waals surface area (Å²) in [6.45, 7) is 4.00. The van der Waals surface area contributed by atoms with Gasteiger partial charge < -0.3 is 10.6 Å². The van der Waals surface area contributed by atoms with Gasteiger partial charge in [-0.05, 0) is 36.8 Å². The number of nitrogens with one attached hydrogen (secondary N) is 2. The largest absolute Gasteiger partial charge is 0.372 e. The highest BCUT2D eigenvalue weighted by Gasteiger charge is 2.24. The van der Waals surface area contributed by atoms with Gasteiger partial charge in [-0.3, -0.25) is 0 Å². The molecule has 0 saturated carbocycles. The first-order valence-electron chi connectivity index (χ1n) is 7.48. The van der Waals surface area contributed by atoms with E-state index in [1.165, 1.54) is 0 Å². The summed E-state index contributed by atoms with van der Waals surface area (Å²) in [5, 5.41) is 6.97. The van der Waals surface area contributed by atoms with Crippen LogP contribution in [0.1, 0.15) is 6.42 Å². The monoisotopic (exact) mass is 288 g/mol. The lowest BCUT2D eigenvalue weighted by Crippen LogP contribution is -2.34. The molecule has 1 aliphatic rings. The van der Waals surface area contributed by atoms with Gasteiger partial charge in [-0.15, -0.1) is 6.58 Å². The van der Waals surface area contributed by atoms with Crippen molar-refractivity contribution in [2.24, 2.45) is 0 Å². The average molecular weight is 288 g/mol. The van der Waals surface area contributed by atoms with E-state index in [1.807, 2.05) is 42.5 Å². The quantitative estimate of drug-likeness (QED) is 0.758. The van der Waals surface area contributed by atoms with Crippen LogP contribution < -0.4 is 10.6 Å². The number of hydrogen-bond donors (Lipinski definition) is 2. The highest BCUT2D eigenvalue weighted by atomic mass is 15.0. The van der Waals surface area contributed by atoms with E-state index in [0.717, 1.165) is 23.5 Å². The van der Waals surface area contributed by atoms with Crippen LogP contribution in [0.3, 0.4) is 0 Å². The van der Waals surface area contributed by atoms with Gasteiger partial charge in [0.05, 0.1) is 5.54 Å². The molecule has 1 aliphatic carbocycles.